The fourth-order valence-electron chi connectivity index (χ4n) is 2.53. The van der Waals surface area contributed by atoms with Gasteiger partial charge in [0.25, 0.3) is 0 Å². The van der Waals surface area contributed by atoms with Gasteiger partial charge in [0.1, 0.15) is 24.6 Å². The normalized spacial score (nSPS) is 10.4. The van der Waals surface area contributed by atoms with E-state index in [1.807, 2.05) is 43.3 Å². The van der Waals surface area contributed by atoms with Crippen LogP contribution in [0.4, 0.5) is 10.1 Å². The largest absolute Gasteiger partial charge is 0.487 e. The first-order valence-electron chi connectivity index (χ1n) is 8.45. The summed E-state index contributed by atoms with van der Waals surface area (Å²) in [5.41, 5.74) is 2.61. The van der Waals surface area contributed by atoms with E-state index in [4.69, 9.17) is 9.47 Å². The number of carbonyl (C=O) groups excluding carboxylic acids is 1. The fourth-order valence-corrected chi connectivity index (χ4v) is 2.53. The van der Waals surface area contributed by atoms with E-state index in [0.717, 1.165) is 11.1 Å². The van der Waals surface area contributed by atoms with E-state index in [1.165, 1.54) is 0 Å². The molecule has 134 valence electrons. The number of aryl methyl sites for hydroxylation is 1. The van der Waals surface area contributed by atoms with Crippen LogP contribution < -0.4 is 10.1 Å². The molecule has 0 aliphatic heterocycles. The molecule has 0 bridgehead atoms. The molecule has 0 atom stereocenters. The molecule has 2 aromatic carbocycles. The maximum atomic E-state index is 14.8. The fraction of sp³-hybridized carbons (Fsp3) is 0.350. The summed E-state index contributed by atoms with van der Waals surface area (Å²) in [6.45, 7) is 5.92. The van der Waals surface area contributed by atoms with Gasteiger partial charge in [0.15, 0.2) is 5.82 Å². The van der Waals surface area contributed by atoms with Crippen LogP contribution in [-0.2, 0) is 22.6 Å². The molecule has 0 saturated carbocycles. The summed E-state index contributed by atoms with van der Waals surface area (Å²) >= 11 is 0. The second-order valence-corrected chi connectivity index (χ2v) is 5.63. The minimum atomic E-state index is -0.437. The van der Waals surface area contributed by atoms with E-state index >= 15 is 0 Å². The smallest absolute Gasteiger partial charge is 0.325 e. The standard InChI is InChI=1S/C20H24FNO3/c1-4-16-11-17(25-13-15-9-7-6-8-10-15)20(19(21)14(16)3)22-12-18(23)24-5-2/h6-11,22H,4-5,12-13H2,1-3H3. The number of hydrogen-bond donors (Lipinski definition) is 1. The zero-order chi connectivity index (χ0) is 18.2. The average molecular weight is 345 g/mol. The molecule has 2 rings (SSSR count). The molecule has 4 nitrogen and oxygen atoms in total. The number of nitrogens with one attached hydrogen (secondary N) is 1. The lowest BCUT2D eigenvalue weighted by Gasteiger charge is -2.17. The third kappa shape index (κ3) is 4.95. The zero-order valence-electron chi connectivity index (χ0n) is 14.9. The van der Waals surface area contributed by atoms with Crippen LogP contribution in [0, 0.1) is 12.7 Å². The first-order valence-corrected chi connectivity index (χ1v) is 8.45. The molecule has 0 heterocycles. The molecule has 0 amide bonds. The van der Waals surface area contributed by atoms with Crippen molar-refractivity contribution in [1.82, 2.24) is 0 Å². The number of anilines is 1. The van der Waals surface area contributed by atoms with Crippen molar-refractivity contribution in [2.75, 3.05) is 18.5 Å². The van der Waals surface area contributed by atoms with Gasteiger partial charge in [0, 0.05) is 0 Å². The maximum Gasteiger partial charge on any atom is 0.325 e. The second kappa shape index (κ2) is 9.06. The summed E-state index contributed by atoms with van der Waals surface area (Å²) in [7, 11) is 0. The Hall–Kier alpha value is -2.56. The highest BCUT2D eigenvalue weighted by Gasteiger charge is 2.17. The summed E-state index contributed by atoms with van der Waals surface area (Å²) in [6, 6.07) is 11.5. The summed E-state index contributed by atoms with van der Waals surface area (Å²) in [6.07, 6.45) is 0.697. The van der Waals surface area contributed by atoms with Crippen molar-refractivity contribution < 1.29 is 18.7 Å². The number of carbonyl (C=O) groups is 1. The Morgan fingerprint density at radius 1 is 1.20 bits per heavy atom. The van der Waals surface area contributed by atoms with Crippen molar-refractivity contribution in [2.24, 2.45) is 0 Å². The predicted molar refractivity (Wildman–Crippen MR) is 96.4 cm³/mol. The third-order valence-electron chi connectivity index (χ3n) is 3.92. The highest BCUT2D eigenvalue weighted by Crippen LogP contribution is 2.33. The van der Waals surface area contributed by atoms with E-state index < -0.39 is 11.8 Å². The first-order chi connectivity index (χ1) is 12.1. The average Bonchev–Trinajstić information content (AvgIpc) is 2.63. The molecule has 0 saturated heterocycles. The molecular weight excluding hydrogens is 321 g/mol. The second-order valence-electron chi connectivity index (χ2n) is 5.63. The SMILES string of the molecule is CCOC(=O)CNc1c(OCc2ccccc2)cc(CC)c(C)c1F. The zero-order valence-corrected chi connectivity index (χ0v) is 14.9. The minimum absolute atomic E-state index is 0.114. The van der Waals surface area contributed by atoms with Crippen molar-refractivity contribution in [3.05, 3.63) is 58.9 Å². The van der Waals surface area contributed by atoms with Crippen LogP contribution in [0.1, 0.15) is 30.5 Å². The van der Waals surface area contributed by atoms with Gasteiger partial charge in [0.2, 0.25) is 0 Å². The molecule has 0 spiro atoms. The summed E-state index contributed by atoms with van der Waals surface area (Å²) in [4.78, 5) is 11.6. The van der Waals surface area contributed by atoms with E-state index in [-0.39, 0.29) is 18.8 Å². The lowest BCUT2D eigenvalue weighted by Crippen LogP contribution is -2.18. The van der Waals surface area contributed by atoms with Gasteiger partial charge in [-0.25, -0.2) is 4.39 Å². The Morgan fingerprint density at radius 3 is 2.56 bits per heavy atom. The summed E-state index contributed by atoms with van der Waals surface area (Å²) in [5.74, 6) is -0.437. The van der Waals surface area contributed by atoms with Crippen LogP contribution in [0.2, 0.25) is 0 Å². The van der Waals surface area contributed by atoms with Crippen LogP contribution in [-0.4, -0.2) is 19.1 Å². The number of halogens is 1. The van der Waals surface area contributed by atoms with Crippen LogP contribution in [0.15, 0.2) is 36.4 Å². The number of ether oxygens (including phenoxy) is 2. The van der Waals surface area contributed by atoms with Crippen molar-refractivity contribution in [3.8, 4) is 5.75 Å². The van der Waals surface area contributed by atoms with Gasteiger partial charge >= 0.3 is 5.97 Å². The molecule has 0 aromatic heterocycles. The number of rotatable bonds is 8. The van der Waals surface area contributed by atoms with Gasteiger partial charge in [0.05, 0.1) is 6.61 Å². The Morgan fingerprint density at radius 2 is 1.92 bits per heavy atom. The monoisotopic (exact) mass is 345 g/mol. The summed E-state index contributed by atoms with van der Waals surface area (Å²) < 4.78 is 25.5. The molecule has 2 aromatic rings. The maximum absolute atomic E-state index is 14.8. The quantitative estimate of drug-likeness (QED) is 0.727. The minimum Gasteiger partial charge on any atom is -0.487 e. The molecule has 0 unspecified atom stereocenters. The number of esters is 1. The van der Waals surface area contributed by atoms with E-state index in [9.17, 15) is 9.18 Å². The molecule has 25 heavy (non-hydrogen) atoms. The van der Waals surface area contributed by atoms with Crippen LogP contribution in [0.5, 0.6) is 5.75 Å². The van der Waals surface area contributed by atoms with Crippen molar-refractivity contribution in [3.63, 3.8) is 0 Å². The molecular formula is C20H24FNO3. The van der Waals surface area contributed by atoms with Crippen LogP contribution in [0.3, 0.4) is 0 Å². The Labute approximate surface area is 148 Å². The molecule has 0 radical (unpaired) electrons. The topological polar surface area (TPSA) is 47.6 Å². The predicted octanol–water partition coefficient (Wildman–Crippen LogP) is 4.25. The van der Waals surface area contributed by atoms with Crippen molar-refractivity contribution >= 4 is 11.7 Å². The van der Waals surface area contributed by atoms with Gasteiger partial charge in [-0.1, -0.05) is 37.3 Å². The highest BCUT2D eigenvalue weighted by molar-refractivity contribution is 5.76. The van der Waals surface area contributed by atoms with Gasteiger partial charge < -0.3 is 14.8 Å². The van der Waals surface area contributed by atoms with E-state index in [1.54, 1.807) is 13.8 Å². The van der Waals surface area contributed by atoms with Gasteiger partial charge in [-0.05, 0) is 43.0 Å². The van der Waals surface area contributed by atoms with Gasteiger partial charge in [-0.2, -0.15) is 0 Å². The molecule has 1 N–H and O–H groups in total. The molecule has 0 fully saturated rings. The lowest BCUT2D eigenvalue weighted by molar-refractivity contribution is -0.140. The number of benzene rings is 2. The first kappa shape index (κ1) is 18.8. The Bertz CT molecular complexity index is 717. The van der Waals surface area contributed by atoms with E-state index in [0.29, 0.717) is 24.3 Å². The van der Waals surface area contributed by atoms with Crippen LogP contribution >= 0.6 is 0 Å². The molecule has 5 heteroatoms. The number of hydrogen-bond acceptors (Lipinski definition) is 4. The molecule has 0 aliphatic carbocycles. The lowest BCUT2D eigenvalue weighted by atomic mass is 10.0. The molecule has 0 aliphatic rings. The van der Waals surface area contributed by atoms with Crippen LogP contribution in [0.25, 0.3) is 0 Å². The van der Waals surface area contributed by atoms with Gasteiger partial charge in [-0.15, -0.1) is 0 Å². The van der Waals surface area contributed by atoms with Crippen molar-refractivity contribution in [1.29, 1.82) is 0 Å². The van der Waals surface area contributed by atoms with E-state index in [2.05, 4.69) is 5.32 Å². The van der Waals surface area contributed by atoms with Crippen molar-refractivity contribution in [2.45, 2.75) is 33.8 Å². The van der Waals surface area contributed by atoms with Gasteiger partial charge in [-0.3, -0.25) is 4.79 Å². The Balaban J connectivity index is 2.24. The summed E-state index contributed by atoms with van der Waals surface area (Å²) in [5, 5.41) is 2.82. The highest BCUT2D eigenvalue weighted by atomic mass is 19.1. The third-order valence-corrected chi connectivity index (χ3v) is 3.92. The Kier molecular flexibility index (Phi) is 6.81.